The van der Waals surface area contributed by atoms with E-state index in [1.165, 1.54) is 18.4 Å². The molecule has 9 heteroatoms. The van der Waals surface area contributed by atoms with Crippen molar-refractivity contribution in [2.75, 3.05) is 26.0 Å². The molecule has 32 heavy (non-hydrogen) atoms. The van der Waals surface area contributed by atoms with Crippen LogP contribution in [-0.2, 0) is 34.1 Å². The van der Waals surface area contributed by atoms with Crippen LogP contribution < -0.4 is 5.32 Å². The molecule has 1 fully saturated rings. The van der Waals surface area contributed by atoms with Gasteiger partial charge in [0.1, 0.15) is 0 Å². The van der Waals surface area contributed by atoms with Crippen LogP contribution in [0.4, 0.5) is 0 Å². The maximum absolute atomic E-state index is 13.0. The first kappa shape index (κ1) is 23.5. The fourth-order valence-corrected chi connectivity index (χ4v) is 7.25. The lowest BCUT2D eigenvalue weighted by Crippen LogP contribution is -2.56. The van der Waals surface area contributed by atoms with Crippen LogP contribution in [-0.4, -0.2) is 61.3 Å². The summed E-state index contributed by atoms with van der Waals surface area (Å²) in [5, 5.41) is 4.73. The molecule has 1 aliphatic heterocycles. The zero-order chi connectivity index (χ0) is 23.0. The highest BCUT2D eigenvalue weighted by Gasteiger charge is 2.30. The lowest BCUT2D eigenvalue weighted by Gasteiger charge is -2.35. The molecule has 7 nitrogen and oxygen atoms in total. The van der Waals surface area contributed by atoms with Gasteiger partial charge in [-0.1, -0.05) is 11.6 Å². The Balaban J connectivity index is 1.59. The number of sulfonamides is 1. The molecule has 0 spiro atoms. The number of carbonyl (C=O) groups excluding carboxylic acids is 1. The number of fused-ring (bicyclic) bond motifs is 3. The largest absolute Gasteiger partial charge is 0.465 e. The van der Waals surface area contributed by atoms with E-state index in [0.717, 1.165) is 36.6 Å². The van der Waals surface area contributed by atoms with Crippen molar-refractivity contribution in [1.29, 1.82) is 0 Å². The van der Waals surface area contributed by atoms with Gasteiger partial charge in [-0.3, -0.25) is 0 Å². The molecule has 1 N–H and O–H groups in total. The lowest BCUT2D eigenvalue weighted by molar-refractivity contribution is 0.0601. The molecule has 4 rings (SSSR count). The van der Waals surface area contributed by atoms with Gasteiger partial charge in [0.2, 0.25) is 10.0 Å². The molecule has 0 saturated carbocycles. The minimum atomic E-state index is -3.31. The maximum atomic E-state index is 13.0. The maximum Gasteiger partial charge on any atom is 0.339 e. The summed E-state index contributed by atoms with van der Waals surface area (Å²) in [6, 6.07) is 3.93. The summed E-state index contributed by atoms with van der Waals surface area (Å²) in [6.45, 7) is 5.67. The summed E-state index contributed by atoms with van der Waals surface area (Å²) >= 11 is 6.68. The van der Waals surface area contributed by atoms with Crippen molar-refractivity contribution in [1.82, 2.24) is 14.2 Å². The number of hydrogen-bond acceptors (Lipinski definition) is 5. The van der Waals surface area contributed by atoms with Gasteiger partial charge in [-0.2, -0.15) is 4.31 Å². The number of halogens is 1. The van der Waals surface area contributed by atoms with Crippen molar-refractivity contribution < 1.29 is 17.9 Å². The van der Waals surface area contributed by atoms with Gasteiger partial charge in [0.15, 0.2) is 0 Å². The van der Waals surface area contributed by atoms with E-state index in [2.05, 4.69) is 9.88 Å². The second-order valence-corrected chi connectivity index (χ2v) is 11.5. The average Bonchev–Trinajstić information content (AvgIpc) is 3.07. The Morgan fingerprint density at radius 2 is 1.88 bits per heavy atom. The van der Waals surface area contributed by atoms with Crippen molar-refractivity contribution >= 4 is 38.5 Å². The first-order valence-corrected chi connectivity index (χ1v) is 13.4. The number of methoxy groups -OCH3 is 1. The number of hydrogen-bond donors (Lipinski definition) is 1. The van der Waals surface area contributed by atoms with Crippen LogP contribution in [0, 0.1) is 0 Å². The van der Waals surface area contributed by atoms with E-state index >= 15 is 0 Å². The molecule has 0 amide bonds. The van der Waals surface area contributed by atoms with E-state index in [9.17, 15) is 13.2 Å². The number of benzene rings is 1. The summed E-state index contributed by atoms with van der Waals surface area (Å²) in [6.07, 6.45) is 4.56. The Hall–Kier alpha value is -1.61. The third kappa shape index (κ3) is 4.42. The van der Waals surface area contributed by atoms with Gasteiger partial charge < -0.3 is 14.6 Å². The first-order valence-electron chi connectivity index (χ1n) is 11.4. The van der Waals surface area contributed by atoms with Crippen LogP contribution in [0.25, 0.3) is 10.9 Å². The zero-order valence-electron chi connectivity index (χ0n) is 19.0. The van der Waals surface area contributed by atoms with E-state index in [-0.39, 0.29) is 17.8 Å². The van der Waals surface area contributed by atoms with Crippen LogP contribution in [0.5, 0.6) is 0 Å². The van der Waals surface area contributed by atoms with Crippen LogP contribution in [0.3, 0.4) is 0 Å². The average molecular weight is 482 g/mol. The Morgan fingerprint density at radius 3 is 2.56 bits per heavy atom. The SMILES string of the molecule is COC(=O)c1ccc2c(c1Cl)c1c(n2CCCS(=O)(=O)N2CC(C)NC(C)C2)CCCC1. The molecule has 176 valence electrons. The van der Waals surface area contributed by atoms with Gasteiger partial charge in [-0.05, 0) is 63.6 Å². The zero-order valence-corrected chi connectivity index (χ0v) is 20.6. The first-order chi connectivity index (χ1) is 15.2. The number of piperazine rings is 1. The van der Waals surface area contributed by atoms with Gasteiger partial charge in [0.05, 0.1) is 29.0 Å². The van der Waals surface area contributed by atoms with Gasteiger partial charge >= 0.3 is 5.97 Å². The second kappa shape index (κ2) is 9.33. The third-order valence-corrected chi connectivity index (χ3v) is 8.87. The standard InChI is InChI=1S/C23H32ClN3O4S/c1-15-13-26(14-16(2)25-15)32(29,30)12-6-11-27-19-8-5-4-7-17(19)21-20(27)10-9-18(22(21)24)23(28)31-3/h9-10,15-16,25H,4-8,11-14H2,1-3H3. The normalized spacial score (nSPS) is 22.1. The van der Waals surface area contributed by atoms with Crippen LogP contribution in [0.2, 0.25) is 5.02 Å². The predicted octanol–water partition coefficient (Wildman–Crippen LogP) is 3.36. The van der Waals surface area contributed by atoms with Crippen LogP contribution in [0.15, 0.2) is 12.1 Å². The van der Waals surface area contributed by atoms with Gasteiger partial charge in [-0.15, -0.1) is 0 Å². The monoisotopic (exact) mass is 481 g/mol. The van der Waals surface area contributed by atoms with Gasteiger partial charge in [-0.25, -0.2) is 13.2 Å². The molecule has 1 aliphatic carbocycles. The van der Waals surface area contributed by atoms with E-state index < -0.39 is 16.0 Å². The van der Waals surface area contributed by atoms with Crippen LogP contribution >= 0.6 is 11.6 Å². The lowest BCUT2D eigenvalue weighted by atomic mass is 9.95. The molecule has 1 saturated heterocycles. The molecule has 0 radical (unpaired) electrons. The van der Waals surface area contributed by atoms with E-state index in [1.54, 1.807) is 10.4 Å². The topological polar surface area (TPSA) is 80.6 Å². The minimum absolute atomic E-state index is 0.120. The summed E-state index contributed by atoms with van der Waals surface area (Å²) in [7, 11) is -1.96. The van der Waals surface area contributed by atoms with Crippen molar-refractivity contribution in [3.05, 3.63) is 34.0 Å². The molecule has 2 aliphatic rings. The number of carbonyl (C=O) groups is 1. The molecular weight excluding hydrogens is 450 g/mol. The van der Waals surface area contributed by atoms with Gasteiger partial charge in [0, 0.05) is 42.8 Å². The number of aryl methyl sites for hydroxylation is 2. The summed E-state index contributed by atoms with van der Waals surface area (Å²) in [5.74, 6) is -0.325. The molecule has 2 atom stereocenters. The van der Waals surface area contributed by atoms with Crippen LogP contribution in [0.1, 0.15) is 54.7 Å². The number of nitrogens with zero attached hydrogens (tertiary/aromatic N) is 2. The highest BCUT2D eigenvalue weighted by molar-refractivity contribution is 7.89. The molecule has 0 bridgehead atoms. The van der Waals surface area contributed by atoms with Crippen molar-refractivity contribution in [2.45, 2.75) is 64.6 Å². The second-order valence-electron chi connectivity index (χ2n) is 9.05. The fourth-order valence-electron chi connectivity index (χ4n) is 5.24. The third-order valence-electron chi connectivity index (χ3n) is 6.58. The smallest absolute Gasteiger partial charge is 0.339 e. The Bertz CT molecular complexity index is 1120. The quantitative estimate of drug-likeness (QED) is 0.640. The number of aromatic nitrogens is 1. The van der Waals surface area contributed by atoms with E-state index in [0.29, 0.717) is 36.6 Å². The summed E-state index contributed by atoms with van der Waals surface area (Å²) in [5.41, 5.74) is 3.75. The fraction of sp³-hybridized carbons (Fsp3) is 0.609. The van der Waals surface area contributed by atoms with Crippen molar-refractivity contribution in [2.24, 2.45) is 0 Å². The Kier molecular flexibility index (Phi) is 6.86. The number of rotatable bonds is 6. The molecule has 2 aromatic rings. The molecule has 2 heterocycles. The number of nitrogens with one attached hydrogen (secondary N) is 1. The van der Waals surface area contributed by atoms with E-state index in [4.69, 9.17) is 16.3 Å². The number of esters is 1. The summed E-state index contributed by atoms with van der Waals surface area (Å²) < 4.78 is 34.7. The van der Waals surface area contributed by atoms with Crippen molar-refractivity contribution in [3.63, 3.8) is 0 Å². The Labute approximate surface area is 195 Å². The molecule has 2 unspecified atom stereocenters. The molecule has 1 aromatic heterocycles. The van der Waals surface area contributed by atoms with Gasteiger partial charge in [0.25, 0.3) is 0 Å². The highest BCUT2D eigenvalue weighted by atomic mass is 35.5. The highest BCUT2D eigenvalue weighted by Crippen LogP contribution is 2.38. The Morgan fingerprint density at radius 1 is 1.19 bits per heavy atom. The van der Waals surface area contributed by atoms with E-state index in [1.807, 2.05) is 19.9 Å². The summed E-state index contributed by atoms with van der Waals surface area (Å²) in [4.78, 5) is 12.1. The predicted molar refractivity (Wildman–Crippen MR) is 127 cm³/mol. The number of ether oxygens (including phenoxy) is 1. The minimum Gasteiger partial charge on any atom is -0.465 e. The molecular formula is C23H32ClN3O4S. The van der Waals surface area contributed by atoms with Crippen molar-refractivity contribution in [3.8, 4) is 0 Å². The molecule has 1 aromatic carbocycles.